The van der Waals surface area contributed by atoms with Crippen LogP contribution in [0.15, 0.2) is 42.5 Å². The van der Waals surface area contributed by atoms with Crippen molar-refractivity contribution in [3.8, 4) is 0 Å². The maximum Gasteiger partial charge on any atom is 0.253 e. The third-order valence-electron chi connectivity index (χ3n) is 11.6. The van der Waals surface area contributed by atoms with Crippen LogP contribution >= 0.6 is 11.8 Å². The van der Waals surface area contributed by atoms with Crippen molar-refractivity contribution in [3.63, 3.8) is 0 Å². The minimum Gasteiger partial charge on any atom is -0.356 e. The number of likely N-dealkylation sites (tertiary alicyclic amines) is 1. The van der Waals surface area contributed by atoms with E-state index in [2.05, 4.69) is 26.6 Å². The van der Waals surface area contributed by atoms with Gasteiger partial charge in [-0.25, -0.2) is 0 Å². The van der Waals surface area contributed by atoms with E-state index >= 15 is 0 Å². The summed E-state index contributed by atoms with van der Waals surface area (Å²) >= 11 is 1.50. The number of imide groups is 2. The molecule has 2 saturated heterocycles. The number of para-hydroxylation sites is 1. The zero-order chi connectivity index (χ0) is 42.1. The molecular weight excluding hydrogens is 775 g/mol. The Balaban J connectivity index is 0.889. The van der Waals surface area contributed by atoms with Gasteiger partial charge in [-0.2, -0.15) is 0 Å². The summed E-state index contributed by atoms with van der Waals surface area (Å²) in [5, 5.41) is 14.6. The van der Waals surface area contributed by atoms with Gasteiger partial charge >= 0.3 is 0 Å². The van der Waals surface area contributed by atoms with E-state index in [9.17, 15) is 38.4 Å². The second-order valence-electron chi connectivity index (χ2n) is 16.2. The van der Waals surface area contributed by atoms with Crippen LogP contribution in [0.25, 0.3) is 0 Å². The van der Waals surface area contributed by atoms with Crippen molar-refractivity contribution in [1.29, 1.82) is 0 Å². The third-order valence-corrected chi connectivity index (χ3v) is 12.9. The average Bonchev–Trinajstić information content (AvgIpc) is 3.89. The zero-order valence-corrected chi connectivity index (χ0v) is 35.0. The Morgan fingerprint density at radius 2 is 1.53 bits per heavy atom. The highest BCUT2D eigenvalue weighted by Gasteiger charge is 2.38. The van der Waals surface area contributed by atoms with Crippen molar-refractivity contribution in [2.45, 2.75) is 127 Å². The van der Waals surface area contributed by atoms with E-state index in [1.807, 2.05) is 37.3 Å². The van der Waals surface area contributed by atoms with Gasteiger partial charge < -0.3 is 26.6 Å². The molecule has 1 aromatic rings. The number of anilines is 1. The fourth-order valence-corrected chi connectivity index (χ4v) is 9.28. The Morgan fingerprint density at radius 3 is 2.24 bits per heavy atom. The number of hydrogen-bond acceptors (Lipinski definition) is 10. The number of unbranched alkanes of at least 4 members (excludes halogenated alkanes) is 4. The molecule has 2 unspecified atom stereocenters. The summed E-state index contributed by atoms with van der Waals surface area (Å²) in [4.78, 5) is 103. The molecule has 1 aliphatic carbocycles. The number of thioether (sulfide) groups is 1. The predicted molar refractivity (Wildman–Crippen MR) is 224 cm³/mol. The SMILES string of the molecule is CC1CC[C@H](C(=O)N[C@@H](CCCCCSC2CC(=O)N(CCCCCC(=O)NCC3CCC(C(=O)NCCN4C(=O)C=CC4=O)CC3)C2=O)C(=O)Nc2ccccc2)N1. The number of rotatable bonds is 23. The molecule has 3 aliphatic heterocycles. The normalized spacial score (nSPS) is 23.4. The van der Waals surface area contributed by atoms with Gasteiger partial charge in [-0.05, 0) is 94.9 Å². The molecule has 4 atom stereocenters. The fraction of sp³-hybridized carbons (Fsp3) is 0.628. The summed E-state index contributed by atoms with van der Waals surface area (Å²) in [6.45, 7) is 3.34. The summed E-state index contributed by atoms with van der Waals surface area (Å²) in [6, 6.07) is 8.48. The van der Waals surface area contributed by atoms with Crippen LogP contribution in [0.1, 0.15) is 103 Å². The Morgan fingerprint density at radius 1 is 0.797 bits per heavy atom. The highest BCUT2D eigenvalue weighted by molar-refractivity contribution is 8.00. The highest BCUT2D eigenvalue weighted by atomic mass is 32.2. The highest BCUT2D eigenvalue weighted by Crippen LogP contribution is 2.29. The third kappa shape index (κ3) is 14.3. The predicted octanol–water partition coefficient (Wildman–Crippen LogP) is 3.20. The standard InChI is InChI=1S/C43H61N7O8S/c1-29-15-20-34(46-29)42(57)48-33(41(56)47-32-11-5-2-6-12-32)13-7-4-10-26-59-35-27-39(54)50(43(35)58)24-9-3-8-14-36(51)45-28-30-16-18-31(19-17-30)40(55)44-23-25-49-37(52)21-22-38(49)53/h2,5-6,11-12,21-22,29-31,33-35,46H,3-4,7-10,13-20,23-28H2,1H3,(H,44,55)(H,45,51)(H,47,56)(H,48,57)/t29?,30?,31?,33-,34+,35?/m0/s1. The van der Waals surface area contributed by atoms with Crippen molar-refractivity contribution < 1.29 is 38.4 Å². The Hall–Kier alpha value is -4.57. The first-order valence-electron chi connectivity index (χ1n) is 21.4. The van der Waals surface area contributed by atoms with Crippen LogP contribution in [0.4, 0.5) is 5.69 Å². The van der Waals surface area contributed by atoms with E-state index in [0.717, 1.165) is 69.1 Å². The number of carbonyl (C=O) groups is 8. The van der Waals surface area contributed by atoms with Gasteiger partial charge in [0.2, 0.25) is 35.4 Å². The van der Waals surface area contributed by atoms with Crippen LogP contribution in [0.5, 0.6) is 0 Å². The molecule has 5 N–H and O–H groups in total. The quantitative estimate of drug-likeness (QED) is 0.0805. The second kappa shape index (κ2) is 23.3. The molecule has 4 aliphatic rings. The first kappa shape index (κ1) is 45.5. The van der Waals surface area contributed by atoms with Crippen molar-refractivity contribution in [2.24, 2.45) is 11.8 Å². The minimum absolute atomic E-state index is 0.0260. The van der Waals surface area contributed by atoms with Gasteiger partial charge in [0.25, 0.3) is 11.8 Å². The van der Waals surface area contributed by atoms with Crippen LogP contribution in [0.2, 0.25) is 0 Å². The molecule has 3 heterocycles. The van der Waals surface area contributed by atoms with Crippen LogP contribution in [-0.2, 0) is 38.4 Å². The monoisotopic (exact) mass is 835 g/mol. The van der Waals surface area contributed by atoms with Crippen molar-refractivity contribution in [2.75, 3.05) is 37.2 Å². The van der Waals surface area contributed by atoms with Gasteiger partial charge in [-0.15, -0.1) is 11.8 Å². The molecule has 16 heteroatoms. The smallest absolute Gasteiger partial charge is 0.253 e. The lowest BCUT2D eigenvalue weighted by atomic mass is 9.81. The molecular formula is C43H61N7O8S. The molecule has 0 aromatic heterocycles. The Labute approximate surface area is 351 Å². The van der Waals surface area contributed by atoms with Gasteiger partial charge in [0.1, 0.15) is 6.04 Å². The largest absolute Gasteiger partial charge is 0.356 e. The van der Waals surface area contributed by atoms with E-state index in [1.165, 1.54) is 28.8 Å². The molecule has 8 amide bonds. The molecule has 3 fully saturated rings. The lowest BCUT2D eigenvalue weighted by Crippen LogP contribution is -2.50. The number of carbonyl (C=O) groups excluding carboxylic acids is 8. The number of amides is 8. The van der Waals surface area contributed by atoms with Crippen molar-refractivity contribution in [3.05, 3.63) is 42.5 Å². The van der Waals surface area contributed by atoms with Crippen LogP contribution in [0, 0.1) is 11.8 Å². The summed E-state index contributed by atoms with van der Waals surface area (Å²) in [5.74, 6) is -0.619. The van der Waals surface area contributed by atoms with Crippen molar-refractivity contribution in [1.82, 2.24) is 31.1 Å². The number of benzene rings is 1. The molecule has 15 nitrogen and oxygen atoms in total. The maximum atomic E-state index is 13.2. The first-order valence-corrected chi connectivity index (χ1v) is 22.5. The fourth-order valence-electron chi connectivity index (χ4n) is 8.09. The maximum absolute atomic E-state index is 13.2. The Bertz CT molecular complexity index is 1670. The molecule has 0 radical (unpaired) electrons. The van der Waals surface area contributed by atoms with Gasteiger partial charge in [-0.1, -0.05) is 37.5 Å². The summed E-state index contributed by atoms with van der Waals surface area (Å²) in [7, 11) is 0. The second-order valence-corrected chi connectivity index (χ2v) is 17.5. The molecule has 5 rings (SSSR count). The van der Waals surface area contributed by atoms with Crippen LogP contribution in [0.3, 0.4) is 0 Å². The lowest BCUT2D eigenvalue weighted by molar-refractivity contribution is -0.139. The van der Waals surface area contributed by atoms with E-state index in [-0.39, 0.29) is 90.0 Å². The molecule has 0 bridgehead atoms. The van der Waals surface area contributed by atoms with Crippen molar-refractivity contribution >= 4 is 64.7 Å². The molecule has 59 heavy (non-hydrogen) atoms. The van der Waals surface area contributed by atoms with Gasteiger partial charge in [0.15, 0.2) is 0 Å². The molecule has 1 saturated carbocycles. The Kier molecular flexibility index (Phi) is 18.0. The van der Waals surface area contributed by atoms with Crippen LogP contribution in [-0.4, -0.2) is 112 Å². The van der Waals surface area contributed by atoms with E-state index in [1.54, 1.807) is 0 Å². The molecule has 1 aromatic carbocycles. The van der Waals surface area contributed by atoms with Gasteiger partial charge in [-0.3, -0.25) is 48.2 Å². The minimum atomic E-state index is -0.662. The van der Waals surface area contributed by atoms with E-state index in [0.29, 0.717) is 56.1 Å². The van der Waals surface area contributed by atoms with Gasteiger partial charge in [0.05, 0.1) is 11.3 Å². The average molecular weight is 836 g/mol. The number of nitrogens with one attached hydrogen (secondary N) is 5. The van der Waals surface area contributed by atoms with Crippen LogP contribution < -0.4 is 26.6 Å². The number of nitrogens with zero attached hydrogens (tertiary/aromatic N) is 2. The first-order chi connectivity index (χ1) is 28.5. The zero-order valence-electron chi connectivity index (χ0n) is 34.2. The molecule has 0 spiro atoms. The van der Waals surface area contributed by atoms with Gasteiger partial charge in [0, 0.05) is 68.8 Å². The summed E-state index contributed by atoms with van der Waals surface area (Å²) < 4.78 is 0. The molecule has 322 valence electrons. The number of hydrogen-bond donors (Lipinski definition) is 5. The lowest BCUT2D eigenvalue weighted by Gasteiger charge is -2.28. The summed E-state index contributed by atoms with van der Waals surface area (Å²) in [5.41, 5.74) is 0.673. The topological polar surface area (TPSA) is 203 Å². The van der Waals surface area contributed by atoms with E-state index in [4.69, 9.17) is 0 Å². The summed E-state index contributed by atoms with van der Waals surface area (Å²) in [6.07, 6.45) is 12.7. The van der Waals surface area contributed by atoms with E-state index < -0.39 is 6.04 Å².